The molecule has 7 heteroatoms. The molecule has 0 aromatic rings. The van der Waals surface area contributed by atoms with Crippen LogP contribution in [0.4, 0.5) is 0 Å². The minimum atomic E-state index is -0.744. The Morgan fingerprint density at radius 3 is 2.53 bits per heavy atom. The summed E-state index contributed by atoms with van der Waals surface area (Å²) in [5.74, 6) is -0.364. The van der Waals surface area contributed by atoms with Crippen molar-refractivity contribution in [3.8, 4) is 0 Å². The van der Waals surface area contributed by atoms with Crippen molar-refractivity contribution in [2.45, 2.75) is 19.1 Å². The molecule has 0 radical (unpaired) electrons. The molecule has 0 aliphatic carbocycles. The molecule has 0 saturated carbocycles. The zero-order valence-electron chi connectivity index (χ0n) is 10.3. The molecule has 100 valence electrons. The molecule has 2 atom stereocenters. The molecule has 0 heterocycles. The Morgan fingerprint density at radius 1 is 1.53 bits per heavy atom. The van der Waals surface area contributed by atoms with Gasteiger partial charge in [-0.3, -0.25) is 9.59 Å². The Balaban J connectivity index is 4.30. The van der Waals surface area contributed by atoms with Crippen LogP contribution in [0, 0.1) is 0 Å². The number of carbonyl (C=O) groups excluding carboxylic acids is 2. The van der Waals surface area contributed by atoms with E-state index in [4.69, 9.17) is 4.74 Å². The van der Waals surface area contributed by atoms with Gasteiger partial charge in [0.2, 0.25) is 11.8 Å². The van der Waals surface area contributed by atoms with Gasteiger partial charge in [-0.05, 0) is 0 Å². The summed E-state index contributed by atoms with van der Waals surface area (Å²) in [6.07, 6.45) is -0.744. The monoisotopic (exact) mass is 264 g/mol. The molecular formula is C10H20N2O4S. The maximum Gasteiger partial charge on any atom is 0.245 e. The average Bonchev–Trinajstić information content (AvgIpc) is 2.24. The van der Waals surface area contributed by atoms with Gasteiger partial charge in [0.25, 0.3) is 0 Å². The predicted octanol–water partition coefficient (Wildman–Crippen LogP) is -1.11. The maximum atomic E-state index is 11.9. The van der Waals surface area contributed by atoms with Crippen LogP contribution in [0.15, 0.2) is 0 Å². The van der Waals surface area contributed by atoms with Crippen LogP contribution in [0.3, 0.4) is 0 Å². The number of hydrogen-bond donors (Lipinski definition) is 3. The first kappa shape index (κ1) is 16.2. The fourth-order valence-corrected chi connectivity index (χ4v) is 1.60. The topological polar surface area (TPSA) is 78.9 Å². The summed E-state index contributed by atoms with van der Waals surface area (Å²) in [6, 6.07) is -0.671. The number of methoxy groups -OCH3 is 1. The maximum absolute atomic E-state index is 11.9. The van der Waals surface area contributed by atoms with Crippen molar-refractivity contribution in [2.75, 3.05) is 33.1 Å². The van der Waals surface area contributed by atoms with Crippen molar-refractivity contribution >= 4 is 24.4 Å². The van der Waals surface area contributed by atoms with Gasteiger partial charge < -0.3 is 20.1 Å². The van der Waals surface area contributed by atoms with E-state index >= 15 is 0 Å². The molecule has 0 aliphatic heterocycles. The van der Waals surface area contributed by atoms with Crippen LogP contribution in [0.5, 0.6) is 0 Å². The minimum absolute atomic E-state index is 0.149. The summed E-state index contributed by atoms with van der Waals surface area (Å²) in [5.41, 5.74) is 0. The van der Waals surface area contributed by atoms with Crippen molar-refractivity contribution in [1.29, 1.82) is 0 Å². The van der Waals surface area contributed by atoms with Gasteiger partial charge in [-0.15, -0.1) is 0 Å². The quantitative estimate of drug-likeness (QED) is 0.509. The van der Waals surface area contributed by atoms with E-state index in [0.29, 0.717) is 0 Å². The summed E-state index contributed by atoms with van der Waals surface area (Å²) < 4.78 is 4.76. The number of aliphatic hydroxyl groups is 1. The molecule has 2 N–H and O–H groups in total. The van der Waals surface area contributed by atoms with Gasteiger partial charge in [0.15, 0.2) is 0 Å². The van der Waals surface area contributed by atoms with E-state index in [1.165, 1.54) is 18.9 Å². The Kier molecular flexibility index (Phi) is 7.94. The number of thiol groups is 1. The Bertz CT molecular complexity index is 263. The van der Waals surface area contributed by atoms with Crippen molar-refractivity contribution in [3.05, 3.63) is 0 Å². The van der Waals surface area contributed by atoms with Gasteiger partial charge in [-0.25, -0.2) is 0 Å². The normalized spacial score (nSPS) is 13.9. The third-order valence-corrected chi connectivity index (χ3v) is 2.44. The third kappa shape index (κ3) is 6.50. The van der Waals surface area contributed by atoms with Gasteiger partial charge in [-0.2, -0.15) is 12.6 Å². The fraction of sp³-hybridized carbons (Fsp3) is 0.800. The van der Waals surface area contributed by atoms with E-state index in [-0.39, 0.29) is 30.7 Å². The van der Waals surface area contributed by atoms with Crippen LogP contribution < -0.4 is 5.32 Å². The Hall–Kier alpha value is -0.790. The largest absolute Gasteiger partial charge is 0.389 e. The number of likely N-dealkylation sites (N-methyl/N-ethyl adjacent to an activating group) is 1. The third-order valence-electron chi connectivity index (χ3n) is 2.08. The molecule has 0 spiro atoms. The second-order valence-corrected chi connectivity index (χ2v) is 4.13. The van der Waals surface area contributed by atoms with Crippen molar-refractivity contribution in [3.63, 3.8) is 0 Å². The molecule has 2 unspecified atom stereocenters. The van der Waals surface area contributed by atoms with E-state index in [1.807, 2.05) is 0 Å². The summed E-state index contributed by atoms with van der Waals surface area (Å²) in [4.78, 5) is 24.1. The number of rotatable bonds is 7. The Labute approximate surface area is 107 Å². The fourth-order valence-electron chi connectivity index (χ4n) is 1.35. The first-order chi connectivity index (χ1) is 7.92. The molecule has 6 nitrogen and oxygen atoms in total. The molecule has 0 fully saturated rings. The molecule has 0 aromatic heterocycles. The van der Waals surface area contributed by atoms with E-state index < -0.39 is 12.1 Å². The molecule has 2 amide bonds. The molecule has 0 saturated heterocycles. The van der Waals surface area contributed by atoms with Crippen molar-refractivity contribution in [2.24, 2.45) is 0 Å². The number of amides is 2. The highest BCUT2D eigenvalue weighted by molar-refractivity contribution is 7.80. The first-order valence-corrected chi connectivity index (χ1v) is 5.85. The second-order valence-electron chi connectivity index (χ2n) is 3.76. The van der Waals surface area contributed by atoms with Crippen molar-refractivity contribution in [1.82, 2.24) is 10.2 Å². The van der Waals surface area contributed by atoms with Crippen LogP contribution in [0.1, 0.15) is 6.92 Å². The van der Waals surface area contributed by atoms with E-state index in [1.54, 1.807) is 7.05 Å². The van der Waals surface area contributed by atoms with Crippen LogP contribution in [-0.2, 0) is 14.3 Å². The first-order valence-electron chi connectivity index (χ1n) is 5.22. The molecular weight excluding hydrogens is 244 g/mol. The summed E-state index contributed by atoms with van der Waals surface area (Å²) in [6.45, 7) is 1.64. The Morgan fingerprint density at radius 2 is 2.12 bits per heavy atom. The van der Waals surface area contributed by atoms with Crippen LogP contribution in [0.25, 0.3) is 0 Å². The highest BCUT2D eigenvalue weighted by Gasteiger charge is 2.22. The average molecular weight is 264 g/mol. The zero-order valence-corrected chi connectivity index (χ0v) is 11.2. The van der Waals surface area contributed by atoms with Gasteiger partial charge >= 0.3 is 0 Å². The van der Waals surface area contributed by atoms with Gasteiger partial charge in [0.05, 0.1) is 12.7 Å². The highest BCUT2D eigenvalue weighted by atomic mass is 32.1. The molecule has 0 rings (SSSR count). The summed E-state index contributed by atoms with van der Waals surface area (Å²) in [7, 11) is 3.03. The lowest BCUT2D eigenvalue weighted by Crippen LogP contribution is -2.49. The van der Waals surface area contributed by atoms with Crippen molar-refractivity contribution < 1.29 is 19.4 Å². The van der Waals surface area contributed by atoms with E-state index in [0.717, 1.165) is 0 Å². The number of aliphatic hydroxyl groups excluding tert-OH is 1. The minimum Gasteiger partial charge on any atom is -0.389 e. The lowest BCUT2D eigenvalue weighted by atomic mass is 10.2. The second kappa shape index (κ2) is 8.32. The smallest absolute Gasteiger partial charge is 0.245 e. The van der Waals surface area contributed by atoms with Crippen LogP contribution >= 0.6 is 12.6 Å². The summed E-state index contributed by atoms with van der Waals surface area (Å²) in [5, 5.41) is 12.0. The van der Waals surface area contributed by atoms with Gasteiger partial charge in [-0.1, -0.05) is 0 Å². The zero-order chi connectivity index (χ0) is 13.4. The lowest BCUT2D eigenvalue weighted by molar-refractivity contribution is -0.135. The molecule has 0 aromatic carbocycles. The van der Waals surface area contributed by atoms with E-state index in [9.17, 15) is 14.7 Å². The number of ether oxygens (including phenoxy) is 1. The standard InChI is InChI=1S/C10H20N2O4S/c1-7(13)11-9(6-17)10(15)12(2)4-8(14)5-16-3/h8-9,14,17H,4-6H2,1-3H3,(H,11,13). The lowest BCUT2D eigenvalue weighted by Gasteiger charge is -2.25. The van der Waals surface area contributed by atoms with Gasteiger partial charge in [0.1, 0.15) is 6.04 Å². The predicted molar refractivity (Wildman–Crippen MR) is 67.0 cm³/mol. The highest BCUT2D eigenvalue weighted by Crippen LogP contribution is 1.98. The SMILES string of the molecule is COCC(O)CN(C)C(=O)C(CS)NC(C)=O. The number of carbonyl (C=O) groups is 2. The van der Waals surface area contributed by atoms with Gasteiger partial charge in [0, 0.05) is 33.4 Å². The molecule has 0 bridgehead atoms. The number of nitrogens with one attached hydrogen (secondary N) is 1. The number of hydrogen-bond acceptors (Lipinski definition) is 5. The summed E-state index contributed by atoms with van der Waals surface area (Å²) >= 11 is 4.01. The molecule has 17 heavy (non-hydrogen) atoms. The van der Waals surface area contributed by atoms with E-state index in [2.05, 4.69) is 17.9 Å². The van der Waals surface area contributed by atoms with Crippen LogP contribution in [-0.4, -0.2) is 67.0 Å². The molecule has 0 aliphatic rings. The van der Waals surface area contributed by atoms with Crippen LogP contribution in [0.2, 0.25) is 0 Å². The number of nitrogens with zero attached hydrogens (tertiary/aromatic N) is 1.